The van der Waals surface area contributed by atoms with Crippen molar-refractivity contribution in [2.24, 2.45) is 0 Å². The third-order valence-electron chi connectivity index (χ3n) is 7.03. The largest absolute Gasteiger partial charge is 0.369 e. The Hall–Kier alpha value is -3.83. The minimum Gasteiger partial charge on any atom is -0.369 e. The van der Waals surface area contributed by atoms with E-state index in [1.165, 1.54) is 42.7 Å². The van der Waals surface area contributed by atoms with Crippen molar-refractivity contribution in [3.8, 4) is 0 Å². The minimum absolute atomic E-state index is 0.0755. The number of hydrogen-bond donors (Lipinski definition) is 1. The molecule has 0 amide bonds. The number of nitrogens with zero attached hydrogens (tertiary/aromatic N) is 5. The first-order chi connectivity index (χ1) is 18.6. The molecule has 0 unspecified atom stereocenters. The van der Waals surface area contributed by atoms with Gasteiger partial charge in [0, 0.05) is 60.8 Å². The molecule has 0 bridgehead atoms. The van der Waals surface area contributed by atoms with E-state index in [0.29, 0.717) is 5.39 Å². The lowest BCUT2D eigenvalue weighted by Gasteiger charge is -2.34. The van der Waals surface area contributed by atoms with E-state index in [1.807, 2.05) is 24.3 Å². The molecule has 1 N–H and O–H groups in total. The van der Waals surface area contributed by atoms with Gasteiger partial charge >= 0.3 is 0 Å². The standard InChI is InChI=1S/C28H31FN6O3S/c1-19(2)39(37,38)25-6-4-5-24(29)23(25)18-35-26(36)12-7-20-17-30-28(32-27(20)35)31-21-8-10-22(11-9-21)34-15-13-33(3)14-16-34/h4-12,17,19H,13-16,18H2,1-3H3,(H,30,31,32). The average molecular weight is 551 g/mol. The summed E-state index contributed by atoms with van der Waals surface area (Å²) in [7, 11) is -1.66. The van der Waals surface area contributed by atoms with Crippen molar-refractivity contribution in [1.82, 2.24) is 19.4 Å². The van der Waals surface area contributed by atoms with Gasteiger partial charge in [0.1, 0.15) is 11.5 Å². The van der Waals surface area contributed by atoms with Crippen LogP contribution in [0.5, 0.6) is 0 Å². The van der Waals surface area contributed by atoms with Gasteiger partial charge in [-0.3, -0.25) is 9.36 Å². The average Bonchev–Trinajstić information content (AvgIpc) is 2.92. The molecule has 0 spiro atoms. The number of fused-ring (bicyclic) bond motifs is 1. The second-order valence-corrected chi connectivity index (χ2v) is 12.5. The SMILES string of the molecule is CC(C)S(=O)(=O)c1cccc(F)c1Cn1c(=O)ccc2cnc(Nc3ccc(N4CCN(C)CC4)cc3)nc21. The van der Waals surface area contributed by atoms with Crippen molar-refractivity contribution in [3.05, 3.63) is 82.5 Å². The highest BCUT2D eigenvalue weighted by molar-refractivity contribution is 7.92. The lowest BCUT2D eigenvalue weighted by atomic mass is 10.2. The summed E-state index contributed by atoms with van der Waals surface area (Å²) in [5.74, 6) is -0.439. The topological polar surface area (TPSA) is 100 Å². The molecule has 0 saturated carbocycles. The van der Waals surface area contributed by atoms with E-state index in [2.05, 4.69) is 32.1 Å². The van der Waals surface area contributed by atoms with Gasteiger partial charge < -0.3 is 15.1 Å². The number of piperazine rings is 1. The first-order valence-electron chi connectivity index (χ1n) is 12.8. The van der Waals surface area contributed by atoms with Gasteiger partial charge in [-0.15, -0.1) is 0 Å². The van der Waals surface area contributed by atoms with Gasteiger partial charge in [-0.2, -0.15) is 4.98 Å². The van der Waals surface area contributed by atoms with Crippen LogP contribution in [0.1, 0.15) is 19.4 Å². The van der Waals surface area contributed by atoms with Crippen LogP contribution in [0.4, 0.5) is 21.7 Å². The lowest BCUT2D eigenvalue weighted by molar-refractivity contribution is 0.313. The highest BCUT2D eigenvalue weighted by Crippen LogP contribution is 2.25. The first kappa shape index (κ1) is 26.8. The smallest absolute Gasteiger partial charge is 0.252 e. The van der Waals surface area contributed by atoms with Crippen LogP contribution < -0.4 is 15.8 Å². The van der Waals surface area contributed by atoms with Crippen molar-refractivity contribution < 1.29 is 12.8 Å². The number of benzene rings is 2. The number of rotatable bonds is 7. The predicted molar refractivity (Wildman–Crippen MR) is 151 cm³/mol. The summed E-state index contributed by atoms with van der Waals surface area (Å²) >= 11 is 0. The number of nitrogens with one attached hydrogen (secondary N) is 1. The molecule has 5 rings (SSSR count). The summed E-state index contributed by atoms with van der Waals surface area (Å²) < 4.78 is 42.1. The Balaban J connectivity index is 1.46. The van der Waals surface area contributed by atoms with E-state index in [4.69, 9.17) is 0 Å². The summed E-state index contributed by atoms with van der Waals surface area (Å²) in [6.45, 7) is 6.76. The molecule has 2 aromatic heterocycles. The number of aromatic nitrogens is 3. The number of halogens is 1. The molecule has 1 aliphatic rings. The zero-order valence-electron chi connectivity index (χ0n) is 22.1. The number of likely N-dealkylation sites (N-methyl/N-ethyl adjacent to an activating group) is 1. The van der Waals surface area contributed by atoms with Gasteiger partial charge in [-0.25, -0.2) is 17.8 Å². The molecule has 1 aliphatic heterocycles. The molecular weight excluding hydrogens is 519 g/mol. The molecular formula is C28H31FN6O3S. The molecule has 3 heterocycles. The summed E-state index contributed by atoms with van der Waals surface area (Å²) in [6.07, 6.45) is 1.58. The fraction of sp³-hybridized carbons (Fsp3) is 0.321. The van der Waals surface area contributed by atoms with E-state index in [0.717, 1.165) is 37.6 Å². The number of sulfone groups is 1. The van der Waals surface area contributed by atoms with Crippen LogP contribution in [0, 0.1) is 5.82 Å². The summed E-state index contributed by atoms with van der Waals surface area (Å²) in [6, 6.07) is 14.8. The second-order valence-electron chi connectivity index (χ2n) is 10.0. The van der Waals surface area contributed by atoms with Gasteiger partial charge in [0.05, 0.1) is 16.7 Å². The summed E-state index contributed by atoms with van der Waals surface area (Å²) in [4.78, 5) is 26.4. The molecule has 9 nitrogen and oxygen atoms in total. The molecule has 0 atom stereocenters. The quantitative estimate of drug-likeness (QED) is 0.372. The van der Waals surface area contributed by atoms with Crippen LogP contribution in [0.25, 0.3) is 11.0 Å². The monoisotopic (exact) mass is 550 g/mol. The van der Waals surface area contributed by atoms with Crippen molar-refractivity contribution in [2.45, 2.75) is 30.5 Å². The van der Waals surface area contributed by atoms with E-state index in [9.17, 15) is 17.6 Å². The highest BCUT2D eigenvalue weighted by atomic mass is 32.2. The van der Waals surface area contributed by atoms with Crippen LogP contribution in [0.15, 0.2) is 70.5 Å². The minimum atomic E-state index is -3.79. The predicted octanol–water partition coefficient (Wildman–Crippen LogP) is 3.66. The molecule has 4 aromatic rings. The Bertz CT molecular complexity index is 1660. The van der Waals surface area contributed by atoms with Crippen molar-refractivity contribution in [2.75, 3.05) is 43.4 Å². The van der Waals surface area contributed by atoms with E-state index >= 15 is 0 Å². The molecule has 204 valence electrons. The fourth-order valence-corrected chi connectivity index (χ4v) is 5.89. The maximum absolute atomic E-state index is 15.0. The fourth-order valence-electron chi connectivity index (χ4n) is 4.60. The van der Waals surface area contributed by atoms with Crippen LogP contribution in [-0.4, -0.2) is 66.3 Å². The van der Waals surface area contributed by atoms with Crippen LogP contribution in [0.3, 0.4) is 0 Å². The van der Waals surface area contributed by atoms with Gasteiger partial charge in [-0.1, -0.05) is 6.07 Å². The van der Waals surface area contributed by atoms with Crippen molar-refractivity contribution >= 4 is 38.2 Å². The van der Waals surface area contributed by atoms with Gasteiger partial charge in [-0.05, 0) is 63.4 Å². The Morgan fingerprint density at radius 3 is 2.41 bits per heavy atom. The normalized spacial score (nSPS) is 14.7. The maximum Gasteiger partial charge on any atom is 0.252 e. The third-order valence-corrected chi connectivity index (χ3v) is 9.27. The van der Waals surface area contributed by atoms with E-state index in [1.54, 1.807) is 12.3 Å². The number of hydrogen-bond acceptors (Lipinski definition) is 8. The van der Waals surface area contributed by atoms with Crippen LogP contribution in [-0.2, 0) is 16.4 Å². The molecule has 2 aromatic carbocycles. The molecule has 1 fully saturated rings. The Labute approximate surface area is 226 Å². The van der Waals surface area contributed by atoms with Crippen molar-refractivity contribution in [3.63, 3.8) is 0 Å². The Morgan fingerprint density at radius 2 is 1.72 bits per heavy atom. The lowest BCUT2D eigenvalue weighted by Crippen LogP contribution is -2.44. The molecule has 1 saturated heterocycles. The summed E-state index contributed by atoms with van der Waals surface area (Å²) in [5, 5.41) is 2.99. The van der Waals surface area contributed by atoms with E-state index in [-0.39, 0.29) is 28.6 Å². The zero-order valence-corrected chi connectivity index (χ0v) is 22.9. The Kier molecular flexibility index (Phi) is 7.37. The maximum atomic E-state index is 15.0. The van der Waals surface area contributed by atoms with E-state index < -0.39 is 26.5 Å². The third kappa shape index (κ3) is 5.50. The number of anilines is 3. The zero-order chi connectivity index (χ0) is 27.7. The summed E-state index contributed by atoms with van der Waals surface area (Å²) in [5.41, 5.74) is 1.67. The molecule has 0 radical (unpaired) electrons. The van der Waals surface area contributed by atoms with Crippen LogP contribution in [0.2, 0.25) is 0 Å². The van der Waals surface area contributed by atoms with Gasteiger partial charge in [0.25, 0.3) is 5.56 Å². The highest BCUT2D eigenvalue weighted by Gasteiger charge is 2.25. The van der Waals surface area contributed by atoms with Crippen molar-refractivity contribution in [1.29, 1.82) is 0 Å². The van der Waals surface area contributed by atoms with Crippen LogP contribution >= 0.6 is 0 Å². The van der Waals surface area contributed by atoms with Gasteiger partial charge in [0.2, 0.25) is 5.95 Å². The molecule has 39 heavy (non-hydrogen) atoms. The molecule has 11 heteroatoms. The first-order valence-corrected chi connectivity index (χ1v) is 14.4. The van der Waals surface area contributed by atoms with Gasteiger partial charge in [0.15, 0.2) is 9.84 Å². The molecule has 0 aliphatic carbocycles. The Morgan fingerprint density at radius 1 is 1.00 bits per heavy atom. The number of pyridine rings is 1. The second kappa shape index (κ2) is 10.7.